The van der Waals surface area contributed by atoms with Gasteiger partial charge in [-0.1, -0.05) is 21.3 Å². The number of carbonyl (C=O) groups excluding carboxylic acids is 6. The summed E-state index contributed by atoms with van der Waals surface area (Å²) in [7, 11) is 0. The summed E-state index contributed by atoms with van der Waals surface area (Å²) in [6, 6.07) is 0. The van der Waals surface area contributed by atoms with Gasteiger partial charge in [-0.2, -0.15) is 0 Å². The second-order valence-corrected chi connectivity index (χ2v) is 16.0. The number of carbonyl (C=O) groups is 6. The maximum Gasteiger partial charge on any atom is 0.410 e. The number of hydrogen-bond acceptors (Lipinski definition) is 15. The molecule has 56 heavy (non-hydrogen) atoms. The first-order valence-electron chi connectivity index (χ1n) is 19.2. The molecule has 6 aliphatic rings. The fourth-order valence-electron chi connectivity index (χ4n) is 8.79. The van der Waals surface area contributed by atoms with E-state index >= 15 is 0 Å². The van der Waals surface area contributed by atoms with Gasteiger partial charge in [0.15, 0.2) is 6.10 Å². The summed E-state index contributed by atoms with van der Waals surface area (Å²) in [6.45, 7) is 8.22. The molecule has 6 rings (SSSR count). The van der Waals surface area contributed by atoms with Crippen LogP contribution in [0.1, 0.15) is 80.1 Å². The van der Waals surface area contributed by atoms with E-state index < -0.39 is 89.8 Å². The lowest BCUT2D eigenvalue weighted by Gasteiger charge is -2.43. The van der Waals surface area contributed by atoms with Crippen molar-refractivity contribution in [3.8, 4) is 0 Å². The number of nitrogens with zero attached hydrogens (tertiary/aromatic N) is 4. The molecule has 2 aliphatic carbocycles. The standard InChI is InChI=1S/C18H28N2O8.C18H28N2O7.CH4/c1-3-20-10(21)8-18(16(20)26)4-6-19(7-5-18)17(27)28-15-13(24)11(22)9(2)12(23)14(15)25;1-3-20-13(22)9-18(16(20)25)4-6-19(7-5-18)17(26)27-12-8-11(21)10(2)14(23)15(12)24;/h9,11-15,22-25H,3-8H2,1-2H3;10-12,14-15,21,23-24H,3-9H2,1-2H3;1H4/t9?,11?,12?,13-,14?,15?;10-,11?,12+,14?,15?;/m10./s1. The summed E-state index contributed by atoms with van der Waals surface area (Å²) in [5.41, 5.74) is -1.51. The highest BCUT2D eigenvalue weighted by atomic mass is 16.6. The van der Waals surface area contributed by atoms with Crippen molar-refractivity contribution in [1.82, 2.24) is 19.6 Å². The maximum absolute atomic E-state index is 12.6. The predicted molar refractivity (Wildman–Crippen MR) is 193 cm³/mol. The van der Waals surface area contributed by atoms with Gasteiger partial charge in [0.05, 0.1) is 35.2 Å². The van der Waals surface area contributed by atoms with Crippen LogP contribution in [0, 0.1) is 22.7 Å². The van der Waals surface area contributed by atoms with E-state index in [-0.39, 0.29) is 76.5 Å². The van der Waals surface area contributed by atoms with Crippen LogP contribution in [0.25, 0.3) is 0 Å². The molecule has 0 aromatic rings. The molecule has 318 valence electrons. The zero-order valence-corrected chi connectivity index (χ0v) is 31.7. The van der Waals surface area contributed by atoms with Crippen molar-refractivity contribution in [3.05, 3.63) is 0 Å². The first-order chi connectivity index (χ1) is 25.8. The molecular weight excluding hydrogens is 740 g/mol. The lowest BCUT2D eigenvalue weighted by atomic mass is 9.77. The Morgan fingerprint density at radius 2 is 0.982 bits per heavy atom. The second kappa shape index (κ2) is 17.6. The quantitative estimate of drug-likeness (QED) is 0.160. The Labute approximate surface area is 326 Å². The van der Waals surface area contributed by atoms with E-state index in [1.54, 1.807) is 20.8 Å². The van der Waals surface area contributed by atoms with Gasteiger partial charge in [0.25, 0.3) is 0 Å². The molecule has 6 fully saturated rings. The van der Waals surface area contributed by atoms with Crippen LogP contribution in [-0.4, -0.2) is 185 Å². The number of amides is 6. The maximum atomic E-state index is 12.6. The number of ether oxygens (including phenoxy) is 2. The van der Waals surface area contributed by atoms with Crippen molar-refractivity contribution in [2.75, 3.05) is 39.3 Å². The molecule has 7 N–H and O–H groups in total. The van der Waals surface area contributed by atoms with Gasteiger partial charge in [-0.25, -0.2) is 9.59 Å². The number of aliphatic hydroxyl groups excluding tert-OH is 7. The molecule has 0 bridgehead atoms. The third-order valence-electron chi connectivity index (χ3n) is 12.9. The van der Waals surface area contributed by atoms with Gasteiger partial charge in [0, 0.05) is 70.4 Å². The summed E-state index contributed by atoms with van der Waals surface area (Å²) < 4.78 is 10.5. The molecule has 4 heterocycles. The summed E-state index contributed by atoms with van der Waals surface area (Å²) in [4.78, 5) is 79.4. The number of piperidine rings is 2. The van der Waals surface area contributed by atoms with E-state index in [2.05, 4.69) is 0 Å². The van der Waals surface area contributed by atoms with Crippen LogP contribution in [0.2, 0.25) is 0 Å². The number of rotatable bonds is 4. The van der Waals surface area contributed by atoms with Crippen molar-refractivity contribution in [3.63, 3.8) is 0 Å². The zero-order valence-electron chi connectivity index (χ0n) is 31.7. The van der Waals surface area contributed by atoms with E-state index in [4.69, 9.17) is 9.47 Å². The summed E-state index contributed by atoms with van der Waals surface area (Å²) >= 11 is 0. The summed E-state index contributed by atoms with van der Waals surface area (Å²) in [5.74, 6) is -2.01. The molecule has 2 spiro atoms. The first kappa shape index (κ1) is 45.2. The number of likely N-dealkylation sites (tertiary alicyclic amines) is 4. The molecule has 0 aromatic carbocycles. The molecule has 11 atom stereocenters. The monoisotopic (exact) mass is 800 g/mol. The zero-order chi connectivity index (χ0) is 40.7. The lowest BCUT2D eigenvalue weighted by molar-refractivity contribution is -0.202. The fraction of sp³-hybridized carbons (Fsp3) is 0.838. The Morgan fingerprint density at radius 3 is 1.36 bits per heavy atom. The van der Waals surface area contributed by atoms with Crippen molar-refractivity contribution in [2.24, 2.45) is 22.7 Å². The Bertz CT molecular complexity index is 1460. The van der Waals surface area contributed by atoms with Crippen molar-refractivity contribution in [2.45, 2.75) is 135 Å². The van der Waals surface area contributed by atoms with E-state index in [9.17, 15) is 64.5 Å². The topological polar surface area (TPSA) is 275 Å². The fourth-order valence-corrected chi connectivity index (χ4v) is 8.79. The van der Waals surface area contributed by atoms with Gasteiger partial charge < -0.3 is 55.0 Å². The van der Waals surface area contributed by atoms with Crippen LogP contribution in [0.5, 0.6) is 0 Å². The smallest absolute Gasteiger partial charge is 0.410 e. The largest absolute Gasteiger partial charge is 0.443 e. The van der Waals surface area contributed by atoms with Crippen LogP contribution in [0.4, 0.5) is 9.59 Å². The van der Waals surface area contributed by atoms with Crippen LogP contribution >= 0.6 is 0 Å². The average Bonchev–Trinajstić information content (AvgIpc) is 3.54. The summed E-state index contributed by atoms with van der Waals surface area (Å²) in [6.07, 6.45) is -11.1. The molecular formula is C37H60N4O15. The molecule has 6 amide bonds. The van der Waals surface area contributed by atoms with Gasteiger partial charge in [-0.15, -0.1) is 0 Å². The third-order valence-corrected chi connectivity index (χ3v) is 12.9. The third kappa shape index (κ3) is 8.26. The van der Waals surface area contributed by atoms with Gasteiger partial charge >= 0.3 is 12.2 Å². The molecule has 19 nitrogen and oxygen atoms in total. The Balaban J connectivity index is 0.000000244. The Hall–Kier alpha value is -3.46. The minimum atomic E-state index is -1.53. The molecule has 0 aromatic heterocycles. The second-order valence-electron chi connectivity index (χ2n) is 16.0. The highest BCUT2D eigenvalue weighted by Crippen LogP contribution is 2.44. The summed E-state index contributed by atoms with van der Waals surface area (Å²) in [5, 5.41) is 70.2. The average molecular weight is 801 g/mol. The van der Waals surface area contributed by atoms with Crippen molar-refractivity contribution in [1.29, 1.82) is 0 Å². The Morgan fingerprint density at radius 1 is 0.607 bits per heavy atom. The highest BCUT2D eigenvalue weighted by Gasteiger charge is 2.55. The SMILES string of the molecule is C.CCN1C(=O)CC2(CCN(C(=O)OC3C(O)C(O)C(C)C(O)[C@H]3O)CC2)C1=O.CCN1C(=O)CC2(CCN(C(=O)O[C@@H]3CC(O)[C@H](C)C(O)C3O)CC2)C1=O. The highest BCUT2D eigenvalue weighted by molar-refractivity contribution is 6.06. The number of hydrogen-bond donors (Lipinski definition) is 7. The molecule has 4 saturated heterocycles. The number of aliphatic hydroxyl groups is 7. The van der Waals surface area contributed by atoms with E-state index in [1.807, 2.05) is 0 Å². The predicted octanol–water partition coefficient (Wildman–Crippen LogP) is -1.44. The normalized spacial score (nSPS) is 36.7. The Kier molecular flexibility index (Phi) is 14.2. The molecule has 8 unspecified atom stereocenters. The lowest BCUT2D eigenvalue weighted by Crippen LogP contribution is -2.62. The van der Waals surface area contributed by atoms with Gasteiger partial charge in [0.2, 0.25) is 23.6 Å². The van der Waals surface area contributed by atoms with Crippen LogP contribution < -0.4 is 0 Å². The molecule has 2 saturated carbocycles. The van der Waals surface area contributed by atoms with E-state index in [1.165, 1.54) is 26.5 Å². The first-order valence-corrected chi connectivity index (χ1v) is 19.2. The van der Waals surface area contributed by atoms with Gasteiger partial charge in [-0.05, 0) is 39.5 Å². The minimum absolute atomic E-state index is 0. The van der Waals surface area contributed by atoms with Crippen LogP contribution in [-0.2, 0) is 28.7 Å². The molecule has 4 aliphatic heterocycles. The van der Waals surface area contributed by atoms with E-state index in [0.29, 0.717) is 38.8 Å². The number of imide groups is 2. The van der Waals surface area contributed by atoms with E-state index in [0.717, 1.165) is 0 Å². The van der Waals surface area contributed by atoms with Gasteiger partial charge in [-0.3, -0.25) is 29.0 Å². The minimum Gasteiger partial charge on any atom is -0.443 e. The van der Waals surface area contributed by atoms with Crippen LogP contribution in [0.3, 0.4) is 0 Å². The van der Waals surface area contributed by atoms with Gasteiger partial charge in [0.1, 0.15) is 24.4 Å². The van der Waals surface area contributed by atoms with Crippen molar-refractivity contribution < 1.29 is 74.0 Å². The van der Waals surface area contributed by atoms with Crippen LogP contribution in [0.15, 0.2) is 0 Å². The molecule has 0 radical (unpaired) electrons. The van der Waals surface area contributed by atoms with Crippen molar-refractivity contribution >= 4 is 35.8 Å². The molecule has 19 heteroatoms.